The van der Waals surface area contributed by atoms with Crippen LogP contribution in [0.15, 0.2) is 29.3 Å². The van der Waals surface area contributed by atoms with Crippen molar-refractivity contribution in [2.75, 3.05) is 30.6 Å². The summed E-state index contributed by atoms with van der Waals surface area (Å²) in [4.78, 5) is 5.99. The van der Waals surface area contributed by atoms with E-state index in [9.17, 15) is 8.78 Å². The van der Waals surface area contributed by atoms with Crippen molar-refractivity contribution < 1.29 is 13.5 Å². The van der Waals surface area contributed by atoms with Crippen molar-refractivity contribution in [2.45, 2.75) is 19.4 Å². The van der Waals surface area contributed by atoms with E-state index in [1.807, 2.05) is 6.92 Å². The van der Waals surface area contributed by atoms with E-state index in [0.29, 0.717) is 19.8 Å². The van der Waals surface area contributed by atoms with Gasteiger partial charge in [-0.25, -0.2) is 13.8 Å². The Morgan fingerprint density at radius 3 is 3.04 bits per heavy atom. The van der Waals surface area contributed by atoms with Gasteiger partial charge in [-0.15, -0.1) is 0 Å². The van der Waals surface area contributed by atoms with E-state index in [1.165, 1.54) is 11.3 Å². The minimum absolute atomic E-state index is 0.0441. The first-order valence-electron chi connectivity index (χ1n) is 7.25. The molecule has 1 aromatic heterocycles. The van der Waals surface area contributed by atoms with Crippen LogP contribution in [-0.4, -0.2) is 41.9 Å². The first-order chi connectivity index (χ1) is 11.1. The maximum atomic E-state index is 13.2. The van der Waals surface area contributed by atoms with Crippen molar-refractivity contribution in [1.29, 1.82) is 0 Å². The topological polar surface area (TPSA) is 79.0 Å². The van der Waals surface area contributed by atoms with E-state index in [0.717, 1.165) is 11.9 Å². The molecule has 0 bridgehead atoms. The number of allylic oxidation sites excluding steroid dienone is 1. The lowest BCUT2D eigenvalue weighted by Gasteiger charge is -2.39. The molecule has 23 heavy (non-hydrogen) atoms. The lowest BCUT2D eigenvalue weighted by Crippen LogP contribution is -2.50. The first kappa shape index (κ1) is 15.5. The summed E-state index contributed by atoms with van der Waals surface area (Å²) in [6, 6.07) is 1.34. The molecule has 0 amide bonds. The number of pyridine rings is 1. The van der Waals surface area contributed by atoms with Gasteiger partial charge in [0.25, 0.3) is 6.43 Å². The summed E-state index contributed by atoms with van der Waals surface area (Å²) in [7, 11) is 0. The highest BCUT2D eigenvalue weighted by Gasteiger charge is 2.25. The van der Waals surface area contributed by atoms with Crippen molar-refractivity contribution in [1.82, 2.24) is 15.3 Å². The van der Waals surface area contributed by atoms with Gasteiger partial charge in [-0.1, -0.05) is 0 Å². The van der Waals surface area contributed by atoms with E-state index in [4.69, 9.17) is 10.5 Å². The number of rotatable bonds is 3. The van der Waals surface area contributed by atoms with Crippen LogP contribution in [-0.2, 0) is 4.74 Å². The van der Waals surface area contributed by atoms with Crippen LogP contribution in [0.1, 0.15) is 18.9 Å². The second-order valence-corrected chi connectivity index (χ2v) is 5.33. The molecular formula is C14H18F2N6O. The number of nitrogens with zero attached hydrogens (tertiary/aromatic N) is 4. The fourth-order valence-electron chi connectivity index (χ4n) is 2.55. The number of aromatic nitrogens is 1. The molecule has 124 valence electrons. The van der Waals surface area contributed by atoms with Crippen LogP contribution in [0.5, 0.6) is 0 Å². The smallest absolute Gasteiger partial charge is 0.266 e. The molecule has 0 saturated carbocycles. The number of hydrogen-bond donors (Lipinski definition) is 2. The SMILES string of the molecule is C[C@H]1COCCN1C1=CC=NN(c2cnc(N)cc2C(F)F)N1. The van der Waals surface area contributed by atoms with E-state index in [2.05, 4.69) is 20.4 Å². The summed E-state index contributed by atoms with van der Waals surface area (Å²) >= 11 is 0. The summed E-state index contributed by atoms with van der Waals surface area (Å²) < 4.78 is 31.9. The molecule has 3 rings (SSSR count). The molecule has 0 unspecified atom stereocenters. The molecule has 1 atom stereocenters. The van der Waals surface area contributed by atoms with E-state index < -0.39 is 6.43 Å². The lowest BCUT2D eigenvalue weighted by molar-refractivity contribution is 0.0132. The Morgan fingerprint density at radius 2 is 2.30 bits per heavy atom. The van der Waals surface area contributed by atoms with Crippen molar-refractivity contribution >= 4 is 17.7 Å². The molecule has 0 radical (unpaired) electrons. The Morgan fingerprint density at radius 1 is 1.48 bits per heavy atom. The van der Waals surface area contributed by atoms with Gasteiger partial charge in [-0.05, 0) is 13.0 Å². The normalized spacial score (nSPS) is 21.4. The molecule has 3 heterocycles. The van der Waals surface area contributed by atoms with E-state index >= 15 is 0 Å². The quantitative estimate of drug-likeness (QED) is 0.877. The fourth-order valence-corrected chi connectivity index (χ4v) is 2.55. The molecule has 1 saturated heterocycles. The maximum Gasteiger partial charge on any atom is 0.266 e. The molecule has 0 aliphatic carbocycles. The molecule has 0 aromatic carbocycles. The van der Waals surface area contributed by atoms with Crippen molar-refractivity contribution in [2.24, 2.45) is 5.10 Å². The van der Waals surface area contributed by atoms with Crippen LogP contribution < -0.4 is 16.3 Å². The second kappa shape index (κ2) is 6.37. The van der Waals surface area contributed by atoms with Gasteiger partial charge in [-0.3, -0.25) is 5.43 Å². The zero-order valence-corrected chi connectivity index (χ0v) is 12.6. The van der Waals surface area contributed by atoms with Gasteiger partial charge in [0, 0.05) is 12.6 Å². The molecular weight excluding hydrogens is 306 g/mol. The lowest BCUT2D eigenvalue weighted by atomic mass is 10.2. The Balaban J connectivity index is 1.84. The summed E-state index contributed by atoms with van der Waals surface area (Å²) in [6.07, 6.45) is 1.96. The Bertz CT molecular complexity index is 636. The van der Waals surface area contributed by atoms with Gasteiger partial charge < -0.3 is 15.4 Å². The summed E-state index contributed by atoms with van der Waals surface area (Å²) in [6.45, 7) is 3.98. The molecule has 2 aliphatic rings. The number of hydrazone groups is 1. The van der Waals surface area contributed by atoms with Gasteiger partial charge in [0.05, 0.1) is 37.2 Å². The number of alkyl halides is 2. The number of morpholine rings is 1. The number of hydrogen-bond acceptors (Lipinski definition) is 7. The molecule has 0 spiro atoms. The number of anilines is 2. The zero-order chi connectivity index (χ0) is 16.4. The Hall–Kier alpha value is -2.42. The van der Waals surface area contributed by atoms with Crippen molar-refractivity contribution in [3.63, 3.8) is 0 Å². The highest BCUT2D eigenvalue weighted by atomic mass is 19.3. The van der Waals surface area contributed by atoms with Crippen LogP contribution in [0.2, 0.25) is 0 Å². The van der Waals surface area contributed by atoms with Crippen LogP contribution in [0, 0.1) is 0 Å². The maximum absolute atomic E-state index is 13.2. The predicted molar refractivity (Wildman–Crippen MR) is 82.8 cm³/mol. The highest BCUT2D eigenvalue weighted by Crippen LogP contribution is 2.31. The summed E-state index contributed by atoms with van der Waals surface area (Å²) in [5.41, 5.74) is 8.48. The van der Waals surface area contributed by atoms with Crippen molar-refractivity contribution in [3.8, 4) is 0 Å². The number of nitrogen functional groups attached to an aromatic ring is 1. The number of nitrogens with one attached hydrogen (secondary N) is 1. The van der Waals surface area contributed by atoms with Gasteiger partial charge in [0.15, 0.2) is 0 Å². The van der Waals surface area contributed by atoms with Crippen molar-refractivity contribution in [3.05, 3.63) is 29.7 Å². The third-order valence-electron chi connectivity index (χ3n) is 3.71. The standard InChI is InChI=1S/C14H18F2N6O/c1-9-8-23-5-4-21(9)13-2-3-19-22(20-13)11-7-18-12(17)6-10(11)14(15)16/h2-3,6-7,9,14,20H,4-5,8H2,1H3,(H2,17,18)/t9-/m0/s1. The number of halogens is 2. The van der Waals surface area contributed by atoms with Gasteiger partial charge in [0.1, 0.15) is 17.3 Å². The molecule has 7 nitrogen and oxygen atoms in total. The molecule has 9 heteroatoms. The minimum atomic E-state index is -2.68. The van der Waals surface area contributed by atoms with Crippen LogP contribution in [0.25, 0.3) is 0 Å². The monoisotopic (exact) mass is 324 g/mol. The van der Waals surface area contributed by atoms with E-state index in [-0.39, 0.29) is 23.1 Å². The number of ether oxygens (including phenoxy) is 1. The zero-order valence-electron chi connectivity index (χ0n) is 12.6. The predicted octanol–water partition coefficient (Wildman–Crippen LogP) is 1.47. The first-order valence-corrected chi connectivity index (χ1v) is 7.25. The number of hydrazine groups is 1. The van der Waals surface area contributed by atoms with Crippen LogP contribution >= 0.6 is 0 Å². The molecule has 2 aliphatic heterocycles. The Labute approximate surface area is 132 Å². The highest BCUT2D eigenvalue weighted by molar-refractivity contribution is 5.75. The molecule has 1 aromatic rings. The molecule has 1 fully saturated rings. The summed E-state index contributed by atoms with van der Waals surface area (Å²) in [5.74, 6) is 0.815. The average Bonchev–Trinajstić information content (AvgIpc) is 2.55. The Kier molecular flexibility index (Phi) is 4.28. The van der Waals surface area contributed by atoms with E-state index in [1.54, 1.807) is 12.3 Å². The summed E-state index contributed by atoms with van der Waals surface area (Å²) in [5, 5.41) is 5.37. The van der Waals surface area contributed by atoms with Gasteiger partial charge in [0.2, 0.25) is 0 Å². The van der Waals surface area contributed by atoms with Gasteiger partial charge >= 0.3 is 0 Å². The minimum Gasteiger partial charge on any atom is -0.384 e. The van der Waals surface area contributed by atoms with Crippen LogP contribution in [0.4, 0.5) is 20.3 Å². The largest absolute Gasteiger partial charge is 0.384 e. The van der Waals surface area contributed by atoms with Crippen LogP contribution in [0.3, 0.4) is 0 Å². The fraction of sp³-hybridized carbons (Fsp3) is 0.429. The van der Waals surface area contributed by atoms with Gasteiger partial charge in [-0.2, -0.15) is 10.2 Å². The molecule has 3 N–H and O–H groups in total. The third kappa shape index (κ3) is 3.19. The second-order valence-electron chi connectivity index (χ2n) is 5.33. The third-order valence-corrected chi connectivity index (χ3v) is 3.71. The average molecular weight is 324 g/mol. The number of nitrogens with two attached hydrogens (primary N) is 1.